The maximum absolute atomic E-state index is 13.3. The summed E-state index contributed by atoms with van der Waals surface area (Å²) in [5, 5.41) is 2.66. The summed E-state index contributed by atoms with van der Waals surface area (Å²) in [5.41, 5.74) is 6.89. The lowest BCUT2D eigenvalue weighted by Gasteiger charge is -2.11. The van der Waals surface area contributed by atoms with Crippen molar-refractivity contribution in [2.75, 3.05) is 11.1 Å². The number of rotatable bonds is 2. The third-order valence-electron chi connectivity index (χ3n) is 2.45. The fraction of sp³-hybridized carbons (Fsp3) is 0. The van der Waals surface area contributed by atoms with Crippen LogP contribution in [0, 0.1) is 5.82 Å². The average molecular weight is 467 g/mol. The SMILES string of the molecule is Nc1cc(Br)cc(Br)c1NC(=O)c1cc(F)cc(Br)c1. The first kappa shape index (κ1) is 15.5. The lowest BCUT2D eigenvalue weighted by atomic mass is 10.2. The van der Waals surface area contributed by atoms with Crippen LogP contribution in [-0.2, 0) is 0 Å². The van der Waals surface area contributed by atoms with Crippen LogP contribution in [0.1, 0.15) is 10.4 Å². The smallest absolute Gasteiger partial charge is 0.255 e. The Labute approximate surface area is 140 Å². The molecule has 0 aliphatic carbocycles. The van der Waals surface area contributed by atoms with Crippen molar-refractivity contribution in [3.8, 4) is 0 Å². The first-order chi connectivity index (χ1) is 9.36. The van der Waals surface area contributed by atoms with Gasteiger partial charge in [-0.3, -0.25) is 4.79 Å². The summed E-state index contributed by atoms with van der Waals surface area (Å²) < 4.78 is 15.2. The lowest BCUT2D eigenvalue weighted by molar-refractivity contribution is 0.102. The number of amides is 1. The molecule has 0 aliphatic rings. The normalized spacial score (nSPS) is 10.4. The monoisotopic (exact) mass is 464 g/mol. The van der Waals surface area contributed by atoms with Gasteiger partial charge in [0.1, 0.15) is 5.82 Å². The predicted octanol–water partition coefficient (Wildman–Crippen LogP) is 4.95. The van der Waals surface area contributed by atoms with Gasteiger partial charge in [0, 0.05) is 19.0 Å². The van der Waals surface area contributed by atoms with Crippen LogP contribution < -0.4 is 11.1 Å². The Bertz CT molecular complexity index is 648. The number of carbonyl (C=O) groups excluding carboxylic acids is 1. The fourth-order valence-electron chi connectivity index (χ4n) is 1.60. The molecule has 0 spiro atoms. The molecule has 0 aromatic heterocycles. The van der Waals surface area contributed by atoms with Crippen molar-refractivity contribution in [1.29, 1.82) is 0 Å². The maximum atomic E-state index is 13.3. The lowest BCUT2D eigenvalue weighted by Crippen LogP contribution is -2.14. The number of nitrogen functional groups attached to an aromatic ring is 1. The van der Waals surface area contributed by atoms with Crippen molar-refractivity contribution in [2.45, 2.75) is 0 Å². The van der Waals surface area contributed by atoms with Crippen molar-refractivity contribution in [3.05, 3.63) is 55.1 Å². The molecule has 0 saturated heterocycles. The first-order valence-corrected chi connectivity index (χ1v) is 7.76. The Kier molecular flexibility index (Phi) is 4.82. The number of benzene rings is 2. The summed E-state index contributed by atoms with van der Waals surface area (Å²) in [7, 11) is 0. The number of carbonyl (C=O) groups is 1. The van der Waals surface area contributed by atoms with E-state index in [0.29, 0.717) is 20.3 Å². The van der Waals surface area contributed by atoms with Crippen LogP contribution in [0.15, 0.2) is 43.7 Å². The number of hydrogen-bond acceptors (Lipinski definition) is 2. The molecule has 0 heterocycles. The van der Waals surface area contributed by atoms with E-state index in [1.807, 2.05) is 0 Å². The minimum absolute atomic E-state index is 0.200. The standard InChI is InChI=1S/C13H8Br3FN2O/c14-7-1-6(2-9(17)3-7)13(20)19-12-10(16)4-8(15)5-11(12)18/h1-5H,18H2,(H,19,20). The van der Waals surface area contributed by atoms with Gasteiger partial charge in [-0.1, -0.05) is 31.9 Å². The van der Waals surface area contributed by atoms with Crippen LogP contribution in [0.3, 0.4) is 0 Å². The zero-order valence-corrected chi connectivity index (χ0v) is 14.6. The fourth-order valence-corrected chi connectivity index (χ4v) is 3.42. The second-order valence-corrected chi connectivity index (χ2v) is 6.65. The van der Waals surface area contributed by atoms with Gasteiger partial charge >= 0.3 is 0 Å². The number of nitrogens with two attached hydrogens (primary N) is 1. The third kappa shape index (κ3) is 3.59. The van der Waals surface area contributed by atoms with Gasteiger partial charge < -0.3 is 11.1 Å². The van der Waals surface area contributed by atoms with Crippen molar-refractivity contribution < 1.29 is 9.18 Å². The average Bonchev–Trinajstić information content (AvgIpc) is 2.32. The van der Waals surface area contributed by atoms with E-state index in [1.54, 1.807) is 12.1 Å². The maximum Gasteiger partial charge on any atom is 0.255 e. The number of anilines is 2. The molecule has 0 bridgehead atoms. The summed E-state index contributed by atoms with van der Waals surface area (Å²) in [6, 6.07) is 7.39. The quantitative estimate of drug-likeness (QED) is 0.615. The minimum atomic E-state index is -0.493. The predicted molar refractivity (Wildman–Crippen MR) is 88.3 cm³/mol. The molecule has 2 aromatic rings. The van der Waals surface area contributed by atoms with Gasteiger partial charge in [0.05, 0.1) is 11.4 Å². The summed E-state index contributed by atoms with van der Waals surface area (Å²) in [4.78, 5) is 12.1. The highest BCUT2D eigenvalue weighted by Gasteiger charge is 2.13. The van der Waals surface area contributed by atoms with Crippen molar-refractivity contribution >= 4 is 65.1 Å². The van der Waals surface area contributed by atoms with Gasteiger partial charge in [0.2, 0.25) is 0 Å². The Morgan fingerprint density at radius 1 is 1.05 bits per heavy atom. The molecule has 3 N–H and O–H groups in total. The highest BCUT2D eigenvalue weighted by Crippen LogP contribution is 2.33. The summed E-state index contributed by atoms with van der Waals surface area (Å²) in [6.07, 6.45) is 0. The molecule has 104 valence electrons. The zero-order chi connectivity index (χ0) is 14.9. The molecule has 2 aromatic carbocycles. The van der Waals surface area contributed by atoms with E-state index in [4.69, 9.17) is 5.73 Å². The third-order valence-corrected chi connectivity index (χ3v) is 3.99. The van der Waals surface area contributed by atoms with Crippen LogP contribution in [0.2, 0.25) is 0 Å². The van der Waals surface area contributed by atoms with E-state index in [1.165, 1.54) is 12.1 Å². The summed E-state index contributed by atoms with van der Waals surface area (Å²) in [6.45, 7) is 0. The van der Waals surface area contributed by atoms with Crippen molar-refractivity contribution in [1.82, 2.24) is 0 Å². The van der Waals surface area contributed by atoms with Gasteiger partial charge in [-0.25, -0.2) is 4.39 Å². The molecule has 7 heteroatoms. The topological polar surface area (TPSA) is 55.1 Å². The van der Waals surface area contributed by atoms with Gasteiger partial charge in [-0.05, 0) is 46.3 Å². The summed E-state index contributed by atoms with van der Waals surface area (Å²) in [5.74, 6) is -0.938. The van der Waals surface area contributed by atoms with E-state index in [-0.39, 0.29) is 5.56 Å². The Balaban J connectivity index is 2.32. The van der Waals surface area contributed by atoms with Gasteiger partial charge in [-0.15, -0.1) is 0 Å². The molecule has 20 heavy (non-hydrogen) atoms. The Hall–Kier alpha value is -0.920. The van der Waals surface area contributed by atoms with E-state index in [0.717, 1.165) is 10.5 Å². The Morgan fingerprint density at radius 3 is 2.30 bits per heavy atom. The molecule has 1 amide bonds. The molecular weight excluding hydrogens is 459 g/mol. The molecule has 0 atom stereocenters. The van der Waals surface area contributed by atoms with Crippen LogP contribution >= 0.6 is 47.8 Å². The van der Waals surface area contributed by atoms with Crippen molar-refractivity contribution in [3.63, 3.8) is 0 Å². The summed E-state index contributed by atoms with van der Waals surface area (Å²) >= 11 is 9.76. The molecule has 0 radical (unpaired) electrons. The van der Waals surface area contributed by atoms with Crippen LogP contribution in [0.5, 0.6) is 0 Å². The second kappa shape index (κ2) is 6.24. The molecule has 3 nitrogen and oxygen atoms in total. The van der Waals surface area contributed by atoms with Crippen LogP contribution in [0.4, 0.5) is 15.8 Å². The van der Waals surface area contributed by atoms with Gasteiger partial charge in [0.15, 0.2) is 0 Å². The van der Waals surface area contributed by atoms with E-state index in [2.05, 4.69) is 53.1 Å². The van der Waals surface area contributed by atoms with Crippen LogP contribution in [0.25, 0.3) is 0 Å². The highest BCUT2D eigenvalue weighted by atomic mass is 79.9. The van der Waals surface area contributed by atoms with Gasteiger partial charge in [0.25, 0.3) is 5.91 Å². The molecular formula is C13H8Br3FN2O. The molecule has 2 rings (SSSR count). The largest absolute Gasteiger partial charge is 0.397 e. The molecule has 0 fully saturated rings. The molecule has 0 aliphatic heterocycles. The molecule has 0 unspecified atom stereocenters. The van der Waals surface area contributed by atoms with E-state index in [9.17, 15) is 9.18 Å². The molecule has 0 saturated carbocycles. The van der Waals surface area contributed by atoms with Crippen molar-refractivity contribution in [2.24, 2.45) is 0 Å². The number of nitrogens with one attached hydrogen (secondary N) is 1. The highest BCUT2D eigenvalue weighted by molar-refractivity contribution is 9.11. The number of hydrogen-bond donors (Lipinski definition) is 2. The van der Waals surface area contributed by atoms with Gasteiger partial charge in [-0.2, -0.15) is 0 Å². The number of halogens is 4. The Morgan fingerprint density at radius 2 is 1.70 bits per heavy atom. The first-order valence-electron chi connectivity index (χ1n) is 5.39. The van der Waals surface area contributed by atoms with Crippen LogP contribution in [-0.4, -0.2) is 5.91 Å². The second-order valence-electron chi connectivity index (χ2n) is 3.96. The van der Waals surface area contributed by atoms with E-state index < -0.39 is 11.7 Å². The zero-order valence-electron chi connectivity index (χ0n) is 9.88. The van der Waals surface area contributed by atoms with E-state index >= 15 is 0 Å². The minimum Gasteiger partial charge on any atom is -0.397 e.